The van der Waals surface area contributed by atoms with Crippen molar-refractivity contribution in [1.29, 1.82) is 0 Å². The number of aromatic nitrogens is 3. The minimum atomic E-state index is -0.498. The molecule has 4 rings (SSSR count). The van der Waals surface area contributed by atoms with E-state index in [0.717, 1.165) is 24.8 Å². The number of hydrogen-bond donors (Lipinski definition) is 1. The van der Waals surface area contributed by atoms with Gasteiger partial charge in [0, 0.05) is 24.7 Å². The van der Waals surface area contributed by atoms with Crippen LogP contribution in [-0.2, 0) is 13.0 Å². The molecule has 2 aromatic heterocycles. The molecule has 0 aliphatic heterocycles. The summed E-state index contributed by atoms with van der Waals surface area (Å²) in [5, 5.41) is 0.331. The molecule has 0 saturated heterocycles. The average Bonchev–Trinajstić information content (AvgIpc) is 2.80. The van der Waals surface area contributed by atoms with E-state index in [4.69, 9.17) is 9.47 Å². The van der Waals surface area contributed by atoms with Gasteiger partial charge >= 0.3 is 5.69 Å². The third-order valence-corrected chi connectivity index (χ3v) is 6.16. The lowest BCUT2D eigenvalue weighted by molar-refractivity contribution is 0.0964. The largest absolute Gasteiger partial charge is 0.493 e. The zero-order valence-corrected chi connectivity index (χ0v) is 18.6. The Balaban J connectivity index is 1.82. The molecular weight excluding hydrogens is 410 g/mol. The molecule has 168 valence electrons. The average molecular weight is 437 g/mol. The number of hydrogen-bond acceptors (Lipinski definition) is 6. The van der Waals surface area contributed by atoms with E-state index in [2.05, 4.69) is 16.9 Å². The number of nitrogens with zero attached hydrogens (tertiary/aromatic N) is 2. The van der Waals surface area contributed by atoms with Crippen LogP contribution in [0.1, 0.15) is 60.0 Å². The molecule has 8 nitrogen and oxygen atoms in total. The lowest BCUT2D eigenvalue weighted by atomic mass is 9.79. The SMILES string of the molecule is CCCCCn1c(=O)[nH]c(=O)c2c3c(cnc21)C(=O)C[C@@H](c1ccc(OC)c(OC)c1)C3. The quantitative estimate of drug-likeness (QED) is 0.570. The predicted molar refractivity (Wildman–Crippen MR) is 121 cm³/mol. The van der Waals surface area contributed by atoms with Crippen LogP contribution in [0.5, 0.6) is 11.5 Å². The van der Waals surface area contributed by atoms with Crippen molar-refractivity contribution >= 4 is 16.8 Å². The van der Waals surface area contributed by atoms with Crippen molar-refractivity contribution in [2.45, 2.75) is 51.5 Å². The summed E-state index contributed by atoms with van der Waals surface area (Å²) in [6.45, 7) is 2.56. The van der Waals surface area contributed by atoms with Crippen molar-refractivity contribution in [3.8, 4) is 11.5 Å². The topological polar surface area (TPSA) is 103 Å². The standard InChI is InChI=1S/C24H27N3O5/c1-4-5-6-9-27-22-21(23(29)26-24(27)30)16-10-15(11-18(28)17(16)13-25-22)14-7-8-19(31-2)20(12-14)32-3/h7-8,12-13,15H,4-6,9-11H2,1-3H3,(H,26,29,30)/t15-/m0/s1. The minimum absolute atomic E-state index is 0.0661. The van der Waals surface area contributed by atoms with Gasteiger partial charge in [-0.25, -0.2) is 9.78 Å². The lowest BCUT2D eigenvalue weighted by Gasteiger charge is -2.25. The molecule has 1 aliphatic rings. The van der Waals surface area contributed by atoms with Gasteiger partial charge in [0.25, 0.3) is 5.56 Å². The smallest absolute Gasteiger partial charge is 0.329 e. The van der Waals surface area contributed by atoms with Crippen LogP contribution in [0.4, 0.5) is 0 Å². The number of nitrogens with one attached hydrogen (secondary N) is 1. The second-order valence-corrected chi connectivity index (χ2v) is 8.11. The summed E-state index contributed by atoms with van der Waals surface area (Å²) in [6, 6.07) is 5.60. The highest BCUT2D eigenvalue weighted by atomic mass is 16.5. The Morgan fingerprint density at radius 2 is 1.88 bits per heavy atom. The summed E-state index contributed by atoms with van der Waals surface area (Å²) in [4.78, 5) is 45.1. The number of aryl methyl sites for hydroxylation is 1. The third kappa shape index (κ3) is 3.81. The molecular formula is C24H27N3O5. The maximum atomic E-state index is 13.0. The van der Waals surface area contributed by atoms with Crippen LogP contribution < -0.4 is 20.7 Å². The van der Waals surface area contributed by atoms with Crippen LogP contribution >= 0.6 is 0 Å². The van der Waals surface area contributed by atoms with Crippen LogP contribution in [0, 0.1) is 0 Å². The van der Waals surface area contributed by atoms with Gasteiger partial charge in [0.1, 0.15) is 5.65 Å². The van der Waals surface area contributed by atoms with Crippen molar-refractivity contribution in [2.24, 2.45) is 0 Å². The summed E-state index contributed by atoms with van der Waals surface area (Å²) >= 11 is 0. The van der Waals surface area contributed by atoms with Gasteiger partial charge in [-0.15, -0.1) is 0 Å². The molecule has 0 amide bonds. The molecule has 0 unspecified atom stereocenters. The van der Waals surface area contributed by atoms with Crippen molar-refractivity contribution < 1.29 is 14.3 Å². The van der Waals surface area contributed by atoms with Gasteiger partial charge in [-0.05, 0) is 42.0 Å². The Hall–Kier alpha value is -3.42. The van der Waals surface area contributed by atoms with Gasteiger partial charge in [0.2, 0.25) is 0 Å². The van der Waals surface area contributed by atoms with Gasteiger partial charge in [-0.3, -0.25) is 19.1 Å². The molecule has 0 bridgehead atoms. The van der Waals surface area contributed by atoms with E-state index in [1.54, 1.807) is 14.2 Å². The fourth-order valence-corrected chi connectivity index (χ4v) is 4.48. The summed E-state index contributed by atoms with van der Waals surface area (Å²) in [5.74, 6) is 1.01. The molecule has 32 heavy (non-hydrogen) atoms. The van der Waals surface area contributed by atoms with Crippen molar-refractivity contribution in [3.63, 3.8) is 0 Å². The number of methoxy groups -OCH3 is 2. The number of fused-ring (bicyclic) bond motifs is 3. The van der Waals surface area contributed by atoms with Crippen LogP contribution in [0.2, 0.25) is 0 Å². The molecule has 3 aromatic rings. The maximum absolute atomic E-state index is 13.0. The van der Waals surface area contributed by atoms with Crippen LogP contribution in [0.3, 0.4) is 0 Å². The molecule has 0 spiro atoms. The Morgan fingerprint density at radius 3 is 2.59 bits per heavy atom. The number of ketones is 1. The summed E-state index contributed by atoms with van der Waals surface area (Å²) in [5.41, 5.74) is 1.41. The Labute approximate surface area is 185 Å². The van der Waals surface area contributed by atoms with E-state index in [1.165, 1.54) is 10.8 Å². The molecule has 1 aromatic carbocycles. The number of ether oxygens (including phenoxy) is 2. The number of aromatic amines is 1. The summed E-state index contributed by atoms with van der Waals surface area (Å²) in [6.07, 6.45) is 5.11. The molecule has 2 heterocycles. The van der Waals surface area contributed by atoms with E-state index in [1.807, 2.05) is 18.2 Å². The van der Waals surface area contributed by atoms with E-state index in [9.17, 15) is 14.4 Å². The number of unbranched alkanes of at least 4 members (excludes halogenated alkanes) is 2. The number of carbonyl (C=O) groups is 1. The highest BCUT2D eigenvalue weighted by Gasteiger charge is 2.30. The maximum Gasteiger partial charge on any atom is 0.329 e. The van der Waals surface area contributed by atoms with E-state index in [0.29, 0.717) is 53.0 Å². The minimum Gasteiger partial charge on any atom is -0.493 e. The molecule has 1 atom stereocenters. The fraction of sp³-hybridized carbons (Fsp3) is 0.417. The molecule has 1 aliphatic carbocycles. The monoisotopic (exact) mass is 437 g/mol. The molecule has 1 N–H and O–H groups in total. The molecule has 0 radical (unpaired) electrons. The molecule has 0 fully saturated rings. The predicted octanol–water partition coefficient (Wildman–Crippen LogP) is 3.20. The normalized spacial score (nSPS) is 15.6. The van der Waals surface area contributed by atoms with Crippen LogP contribution in [0.25, 0.3) is 11.0 Å². The highest BCUT2D eigenvalue weighted by molar-refractivity contribution is 6.02. The number of carbonyl (C=O) groups excluding carboxylic acids is 1. The zero-order valence-electron chi connectivity index (χ0n) is 18.6. The number of pyridine rings is 1. The number of Topliss-reactive ketones (excluding diaryl/α,β-unsaturated/α-hetero) is 1. The zero-order chi connectivity index (χ0) is 22.8. The Kier molecular flexibility index (Phi) is 6.12. The number of H-pyrrole nitrogens is 1. The van der Waals surface area contributed by atoms with Crippen LogP contribution in [-0.4, -0.2) is 34.5 Å². The Morgan fingerprint density at radius 1 is 1.09 bits per heavy atom. The van der Waals surface area contributed by atoms with E-state index < -0.39 is 11.2 Å². The molecule has 0 saturated carbocycles. The van der Waals surface area contributed by atoms with Crippen molar-refractivity contribution in [3.05, 3.63) is 61.9 Å². The first kappa shape index (κ1) is 21.8. The molecule has 8 heteroatoms. The van der Waals surface area contributed by atoms with Crippen molar-refractivity contribution in [2.75, 3.05) is 14.2 Å². The second kappa shape index (κ2) is 8.98. The number of rotatable bonds is 7. The third-order valence-electron chi connectivity index (χ3n) is 6.16. The highest BCUT2D eigenvalue weighted by Crippen LogP contribution is 2.38. The van der Waals surface area contributed by atoms with Crippen LogP contribution in [0.15, 0.2) is 34.0 Å². The fourth-order valence-electron chi connectivity index (χ4n) is 4.48. The van der Waals surface area contributed by atoms with Crippen molar-refractivity contribution in [1.82, 2.24) is 14.5 Å². The first-order valence-electron chi connectivity index (χ1n) is 10.9. The van der Waals surface area contributed by atoms with Gasteiger partial charge in [-0.1, -0.05) is 25.8 Å². The summed E-state index contributed by atoms with van der Waals surface area (Å²) < 4.78 is 12.2. The lowest BCUT2D eigenvalue weighted by Crippen LogP contribution is -2.33. The van der Waals surface area contributed by atoms with Gasteiger partial charge in [-0.2, -0.15) is 0 Å². The second-order valence-electron chi connectivity index (χ2n) is 8.11. The van der Waals surface area contributed by atoms with Gasteiger partial charge < -0.3 is 9.47 Å². The van der Waals surface area contributed by atoms with Gasteiger partial charge in [0.05, 0.1) is 19.6 Å². The van der Waals surface area contributed by atoms with Gasteiger partial charge in [0.15, 0.2) is 17.3 Å². The van der Waals surface area contributed by atoms with E-state index in [-0.39, 0.29) is 11.7 Å². The first-order valence-corrected chi connectivity index (χ1v) is 10.9. The van der Waals surface area contributed by atoms with E-state index >= 15 is 0 Å². The summed E-state index contributed by atoms with van der Waals surface area (Å²) in [7, 11) is 3.14. The Bertz CT molecular complexity index is 1290. The first-order chi connectivity index (χ1) is 15.5. The number of benzene rings is 1.